The van der Waals surface area contributed by atoms with E-state index in [4.69, 9.17) is 9.47 Å². The Bertz CT molecular complexity index is 974. The fourth-order valence-electron chi connectivity index (χ4n) is 8.48. The minimum atomic E-state index is -0.299. The van der Waals surface area contributed by atoms with Crippen LogP contribution in [0.2, 0.25) is 0 Å². The molecular weight excluding hydrogens is 492 g/mol. The summed E-state index contributed by atoms with van der Waals surface area (Å²) in [6.07, 6.45) is 6.57. The van der Waals surface area contributed by atoms with E-state index in [9.17, 15) is 14.8 Å². The van der Waals surface area contributed by atoms with E-state index in [0.29, 0.717) is 72.9 Å². The number of quaternary nitrogens is 1. The maximum atomic E-state index is 12.8. The van der Waals surface area contributed by atoms with Crippen molar-refractivity contribution in [3.8, 4) is 0 Å². The standard InChI is InChI=1S/C32H52N2O5/c1-19(12-31(35)38-29-14-26-22(4)17-34(8,37)18-28(26)24(29)6)10-9-11-20(2)32(36)39-30-13-25-21(3)15-33(7)16-27(25)23(30)5/h11-12,21-30H,9-10,13-18H2,1-8H3/b19-12+,20-11+/t21-,22-,23-,24-,25-,26-,27-,28-,29+,30+,34?/m0/s1. The maximum Gasteiger partial charge on any atom is 0.333 e. The van der Waals surface area contributed by atoms with Crippen molar-refractivity contribution in [1.29, 1.82) is 0 Å². The van der Waals surface area contributed by atoms with Crippen molar-refractivity contribution in [3.05, 3.63) is 28.5 Å². The second-order valence-electron chi connectivity index (χ2n) is 14.0. The zero-order valence-corrected chi connectivity index (χ0v) is 25.5. The van der Waals surface area contributed by atoms with Gasteiger partial charge in [0.15, 0.2) is 0 Å². The molecule has 2 saturated heterocycles. The van der Waals surface area contributed by atoms with Gasteiger partial charge in [-0.2, -0.15) is 0 Å². The van der Waals surface area contributed by atoms with Gasteiger partial charge in [-0.3, -0.25) is 0 Å². The summed E-state index contributed by atoms with van der Waals surface area (Å²) in [5.41, 5.74) is 1.57. The quantitative estimate of drug-likeness (QED) is 0.190. The van der Waals surface area contributed by atoms with Gasteiger partial charge in [0.2, 0.25) is 0 Å². The topological polar surface area (TPSA) is 78.9 Å². The molecule has 2 heterocycles. The molecule has 0 N–H and O–H groups in total. The number of esters is 2. The minimum absolute atomic E-state index is 0.00710. The number of carbonyl (C=O) groups excluding carboxylic acids is 2. The SMILES string of the molecule is C/C(=C\C(=O)O[C@@H]1C[C@@H]2[C@@H](C[N+](C)([O-])C[C@@H]2C)[C@@H]1C)CC/C=C(\C)C(=O)O[C@@H]1C[C@@H]2[C@@H](CN(C)C[C@@H]2C)[C@@H]1C. The monoisotopic (exact) mass is 544 g/mol. The number of fused-ring (bicyclic) bond motifs is 2. The summed E-state index contributed by atoms with van der Waals surface area (Å²) in [6.45, 7) is 16.1. The molecule has 4 fully saturated rings. The molecule has 0 spiro atoms. The average molecular weight is 545 g/mol. The van der Waals surface area contributed by atoms with E-state index < -0.39 is 0 Å². The first-order chi connectivity index (χ1) is 18.3. The van der Waals surface area contributed by atoms with Crippen molar-refractivity contribution in [2.45, 2.75) is 79.4 Å². The van der Waals surface area contributed by atoms with Crippen LogP contribution in [0.5, 0.6) is 0 Å². The first kappa shape index (κ1) is 30.3. The predicted molar refractivity (Wildman–Crippen MR) is 153 cm³/mol. The fraction of sp³-hybridized carbons (Fsp3) is 0.812. The molecule has 0 aromatic heterocycles. The molecule has 1 unspecified atom stereocenters. The molecule has 220 valence electrons. The predicted octanol–water partition coefficient (Wildman–Crippen LogP) is 5.20. The summed E-state index contributed by atoms with van der Waals surface area (Å²) < 4.78 is 11.7. The molecular formula is C32H52N2O5. The average Bonchev–Trinajstić information content (AvgIpc) is 3.30. The molecule has 4 rings (SSSR count). The van der Waals surface area contributed by atoms with E-state index in [-0.39, 0.29) is 34.7 Å². The van der Waals surface area contributed by atoms with Gasteiger partial charge in [0.25, 0.3) is 0 Å². The number of allylic oxidation sites excluding steroid dienone is 2. The van der Waals surface area contributed by atoms with Crippen LogP contribution in [0.4, 0.5) is 0 Å². The normalized spacial score (nSPS) is 43.1. The van der Waals surface area contributed by atoms with Crippen LogP contribution in [0.3, 0.4) is 0 Å². The number of hydrogen-bond donors (Lipinski definition) is 0. The first-order valence-corrected chi connectivity index (χ1v) is 15.2. The molecule has 0 amide bonds. The molecule has 2 saturated carbocycles. The van der Waals surface area contributed by atoms with E-state index in [1.54, 1.807) is 13.1 Å². The second-order valence-corrected chi connectivity index (χ2v) is 14.0. The third-order valence-electron chi connectivity index (χ3n) is 10.7. The van der Waals surface area contributed by atoms with Crippen molar-refractivity contribution in [2.75, 3.05) is 40.3 Å². The molecule has 0 aromatic carbocycles. The molecule has 2 aliphatic heterocycles. The zero-order chi connectivity index (χ0) is 28.6. The number of piperidine rings is 2. The van der Waals surface area contributed by atoms with Crippen LogP contribution in [-0.4, -0.2) is 74.0 Å². The van der Waals surface area contributed by atoms with E-state index in [0.717, 1.165) is 31.5 Å². The molecule has 39 heavy (non-hydrogen) atoms. The number of nitrogens with zero attached hydrogens (tertiary/aromatic N) is 2. The lowest BCUT2D eigenvalue weighted by Gasteiger charge is -2.49. The molecule has 7 nitrogen and oxygen atoms in total. The Kier molecular flexibility index (Phi) is 9.34. The summed E-state index contributed by atoms with van der Waals surface area (Å²) in [5.74, 6) is 3.05. The zero-order valence-electron chi connectivity index (χ0n) is 25.5. The molecule has 0 bridgehead atoms. The highest BCUT2D eigenvalue weighted by Crippen LogP contribution is 2.47. The molecule has 7 heteroatoms. The van der Waals surface area contributed by atoms with Crippen molar-refractivity contribution in [2.24, 2.45) is 47.3 Å². The lowest BCUT2D eigenvalue weighted by atomic mass is 9.78. The summed E-state index contributed by atoms with van der Waals surface area (Å²) in [4.78, 5) is 27.9. The number of hydroxylamine groups is 3. The van der Waals surface area contributed by atoms with Gasteiger partial charge in [-0.05, 0) is 76.2 Å². The van der Waals surface area contributed by atoms with Crippen molar-refractivity contribution in [1.82, 2.24) is 4.90 Å². The number of rotatable bonds is 7. The van der Waals surface area contributed by atoms with Crippen LogP contribution in [0.15, 0.2) is 23.3 Å². The third kappa shape index (κ3) is 6.97. The van der Waals surface area contributed by atoms with Crippen LogP contribution < -0.4 is 0 Å². The van der Waals surface area contributed by atoms with Gasteiger partial charge in [0, 0.05) is 42.5 Å². The Labute approximate surface area is 236 Å². The second kappa shape index (κ2) is 12.0. The van der Waals surface area contributed by atoms with Crippen LogP contribution in [0, 0.1) is 52.6 Å². The lowest BCUT2D eigenvalue weighted by molar-refractivity contribution is -0.875. The van der Waals surface area contributed by atoms with Crippen molar-refractivity contribution in [3.63, 3.8) is 0 Å². The van der Waals surface area contributed by atoms with Crippen LogP contribution >= 0.6 is 0 Å². The third-order valence-corrected chi connectivity index (χ3v) is 10.7. The number of likely N-dealkylation sites (tertiary alicyclic amines) is 2. The van der Waals surface area contributed by atoms with E-state index >= 15 is 0 Å². The number of carbonyl (C=O) groups is 2. The summed E-state index contributed by atoms with van der Waals surface area (Å²) in [6, 6.07) is 0. The Hall–Kier alpha value is -1.70. The minimum Gasteiger partial charge on any atom is -0.633 e. The van der Waals surface area contributed by atoms with Gasteiger partial charge in [-0.1, -0.05) is 39.3 Å². The van der Waals surface area contributed by atoms with Crippen molar-refractivity contribution < 1.29 is 23.7 Å². The van der Waals surface area contributed by atoms with Gasteiger partial charge in [0.1, 0.15) is 12.2 Å². The van der Waals surface area contributed by atoms with Crippen LogP contribution in [-0.2, 0) is 19.1 Å². The lowest BCUT2D eigenvalue weighted by Crippen LogP contribution is -2.52. The molecule has 0 radical (unpaired) electrons. The summed E-state index contributed by atoms with van der Waals surface area (Å²) >= 11 is 0. The molecule has 4 aliphatic rings. The summed E-state index contributed by atoms with van der Waals surface area (Å²) in [5, 5.41) is 12.6. The smallest absolute Gasteiger partial charge is 0.333 e. The molecule has 2 aliphatic carbocycles. The number of hydrogen-bond acceptors (Lipinski definition) is 6. The highest BCUT2D eigenvalue weighted by Gasteiger charge is 2.50. The largest absolute Gasteiger partial charge is 0.633 e. The molecule has 0 aromatic rings. The van der Waals surface area contributed by atoms with Gasteiger partial charge >= 0.3 is 11.9 Å². The van der Waals surface area contributed by atoms with Crippen LogP contribution in [0.1, 0.15) is 67.2 Å². The Morgan fingerprint density at radius 1 is 0.897 bits per heavy atom. The van der Waals surface area contributed by atoms with Gasteiger partial charge in [-0.15, -0.1) is 0 Å². The van der Waals surface area contributed by atoms with Gasteiger partial charge in [0.05, 0.1) is 20.1 Å². The van der Waals surface area contributed by atoms with Gasteiger partial charge in [-0.25, -0.2) is 9.59 Å². The number of ether oxygens (including phenoxy) is 2. The van der Waals surface area contributed by atoms with Crippen molar-refractivity contribution >= 4 is 11.9 Å². The fourth-order valence-corrected chi connectivity index (χ4v) is 8.48. The first-order valence-electron chi connectivity index (χ1n) is 15.2. The Morgan fingerprint density at radius 2 is 1.51 bits per heavy atom. The Morgan fingerprint density at radius 3 is 2.21 bits per heavy atom. The molecule has 11 atom stereocenters. The highest BCUT2D eigenvalue weighted by atomic mass is 16.6. The highest BCUT2D eigenvalue weighted by molar-refractivity contribution is 5.87. The Balaban J connectivity index is 1.23. The van der Waals surface area contributed by atoms with E-state index in [1.165, 1.54) is 0 Å². The van der Waals surface area contributed by atoms with Gasteiger partial charge < -0.3 is 24.2 Å². The maximum absolute atomic E-state index is 12.8. The van der Waals surface area contributed by atoms with E-state index in [2.05, 4.69) is 39.6 Å². The van der Waals surface area contributed by atoms with E-state index in [1.807, 2.05) is 19.9 Å². The summed E-state index contributed by atoms with van der Waals surface area (Å²) in [7, 11) is 3.95. The van der Waals surface area contributed by atoms with Crippen LogP contribution in [0.25, 0.3) is 0 Å².